The van der Waals surface area contributed by atoms with E-state index < -0.39 is 42.0 Å². The van der Waals surface area contributed by atoms with Gasteiger partial charge in [-0.2, -0.15) is 0 Å². The summed E-state index contributed by atoms with van der Waals surface area (Å²) >= 11 is 3.27. The Hall–Kier alpha value is -2.23. The molecule has 1 aliphatic rings. The highest BCUT2D eigenvalue weighted by Crippen LogP contribution is 2.21. The predicted octanol–water partition coefficient (Wildman–Crippen LogP) is -0.411. The first-order valence-electron chi connectivity index (χ1n) is 7.93. The highest BCUT2D eigenvalue weighted by Gasteiger charge is 2.34. The second kappa shape index (κ2) is 8.43. The summed E-state index contributed by atoms with van der Waals surface area (Å²) in [7, 11) is 0. The van der Waals surface area contributed by atoms with E-state index in [1.165, 1.54) is 13.0 Å². The lowest BCUT2D eigenvalue weighted by molar-refractivity contribution is -0.125. The number of amides is 3. The SMILES string of the molecule is C[C@@H](NC(=O)C1=C[C@@H](NC(=O)c2ccccc2Br)[C@@H](O)[C@H](O)C1)C(N)=O. The third kappa shape index (κ3) is 4.69. The topological polar surface area (TPSA) is 142 Å². The lowest BCUT2D eigenvalue weighted by Gasteiger charge is -2.31. The van der Waals surface area contributed by atoms with Gasteiger partial charge in [-0.15, -0.1) is 0 Å². The lowest BCUT2D eigenvalue weighted by Crippen LogP contribution is -2.51. The normalized spacial score (nSPS) is 23.5. The zero-order valence-corrected chi connectivity index (χ0v) is 15.6. The molecule has 1 aromatic rings. The molecule has 0 saturated heterocycles. The van der Waals surface area contributed by atoms with Gasteiger partial charge in [-0.1, -0.05) is 18.2 Å². The van der Waals surface area contributed by atoms with Crippen LogP contribution in [0.2, 0.25) is 0 Å². The highest BCUT2D eigenvalue weighted by molar-refractivity contribution is 9.10. The Morgan fingerprint density at radius 1 is 1.23 bits per heavy atom. The number of rotatable bonds is 5. The fraction of sp³-hybridized carbons (Fsp3) is 0.353. The Morgan fingerprint density at radius 2 is 1.88 bits per heavy atom. The Bertz CT molecular complexity index is 752. The minimum Gasteiger partial charge on any atom is -0.390 e. The summed E-state index contributed by atoms with van der Waals surface area (Å²) in [5.74, 6) is -1.77. The molecule has 26 heavy (non-hydrogen) atoms. The molecule has 3 amide bonds. The molecule has 9 heteroatoms. The Labute approximate surface area is 158 Å². The Kier molecular flexibility index (Phi) is 6.52. The van der Waals surface area contributed by atoms with Crippen LogP contribution in [0.25, 0.3) is 0 Å². The summed E-state index contributed by atoms with van der Waals surface area (Å²) in [6.07, 6.45) is -1.25. The number of carbonyl (C=O) groups excluding carboxylic acids is 3. The van der Waals surface area contributed by atoms with Crippen molar-refractivity contribution in [3.63, 3.8) is 0 Å². The van der Waals surface area contributed by atoms with E-state index in [9.17, 15) is 24.6 Å². The molecular weight excluding hydrogens is 406 g/mol. The minimum absolute atomic E-state index is 0.111. The van der Waals surface area contributed by atoms with E-state index in [1.807, 2.05) is 0 Å². The zero-order valence-electron chi connectivity index (χ0n) is 14.0. The van der Waals surface area contributed by atoms with Crippen LogP contribution >= 0.6 is 15.9 Å². The van der Waals surface area contributed by atoms with E-state index in [0.29, 0.717) is 10.0 Å². The van der Waals surface area contributed by atoms with Crippen LogP contribution in [0.5, 0.6) is 0 Å². The smallest absolute Gasteiger partial charge is 0.252 e. The Balaban J connectivity index is 2.18. The minimum atomic E-state index is -1.27. The fourth-order valence-electron chi connectivity index (χ4n) is 2.50. The summed E-state index contributed by atoms with van der Waals surface area (Å²) in [5, 5.41) is 25.2. The number of aliphatic hydroxyl groups excluding tert-OH is 2. The first kappa shape index (κ1) is 20.1. The van der Waals surface area contributed by atoms with Crippen LogP contribution in [-0.2, 0) is 9.59 Å². The van der Waals surface area contributed by atoms with E-state index in [4.69, 9.17) is 5.73 Å². The van der Waals surface area contributed by atoms with E-state index in [1.54, 1.807) is 24.3 Å². The van der Waals surface area contributed by atoms with Gasteiger partial charge in [0.1, 0.15) is 12.1 Å². The average Bonchev–Trinajstić information content (AvgIpc) is 2.58. The Morgan fingerprint density at radius 3 is 2.50 bits per heavy atom. The van der Waals surface area contributed by atoms with Gasteiger partial charge in [0.25, 0.3) is 5.91 Å². The molecule has 0 unspecified atom stereocenters. The second-order valence-electron chi connectivity index (χ2n) is 6.03. The highest BCUT2D eigenvalue weighted by atomic mass is 79.9. The van der Waals surface area contributed by atoms with Crippen molar-refractivity contribution < 1.29 is 24.6 Å². The number of aliphatic hydroxyl groups is 2. The first-order valence-corrected chi connectivity index (χ1v) is 8.72. The van der Waals surface area contributed by atoms with Crippen molar-refractivity contribution in [3.05, 3.63) is 46.0 Å². The summed E-state index contributed by atoms with van der Waals surface area (Å²) in [5.41, 5.74) is 5.61. The van der Waals surface area contributed by atoms with Gasteiger partial charge in [0.05, 0.1) is 17.7 Å². The van der Waals surface area contributed by atoms with Gasteiger partial charge in [0.2, 0.25) is 11.8 Å². The molecule has 0 fully saturated rings. The van der Waals surface area contributed by atoms with Crippen molar-refractivity contribution in [2.45, 2.75) is 37.6 Å². The van der Waals surface area contributed by atoms with Gasteiger partial charge in [-0.25, -0.2) is 0 Å². The zero-order chi connectivity index (χ0) is 19.4. The molecule has 0 saturated carbocycles. The number of nitrogens with one attached hydrogen (secondary N) is 2. The first-order chi connectivity index (χ1) is 12.2. The molecule has 0 aliphatic heterocycles. The van der Waals surface area contributed by atoms with Crippen molar-refractivity contribution in [1.29, 1.82) is 0 Å². The number of primary amides is 1. The molecule has 1 aliphatic carbocycles. The molecule has 140 valence electrons. The average molecular weight is 426 g/mol. The van der Waals surface area contributed by atoms with Crippen LogP contribution in [0.4, 0.5) is 0 Å². The molecule has 0 aromatic heterocycles. The van der Waals surface area contributed by atoms with Crippen LogP contribution < -0.4 is 16.4 Å². The summed E-state index contributed by atoms with van der Waals surface area (Å²) in [6.45, 7) is 1.43. The predicted molar refractivity (Wildman–Crippen MR) is 96.9 cm³/mol. The van der Waals surface area contributed by atoms with Crippen LogP contribution in [0, 0.1) is 0 Å². The number of hydrogen-bond donors (Lipinski definition) is 5. The standard InChI is InChI=1S/C17H20BrN3O5/c1-8(15(19)24)20-16(25)9-6-12(14(23)13(22)7-9)21-17(26)10-4-2-3-5-11(10)18/h2-6,8,12-14,22-23H,7H2,1H3,(H2,19,24)(H,20,25)(H,21,26)/t8-,12-,13-,14-/m1/s1. The number of benzene rings is 1. The molecule has 0 spiro atoms. The lowest BCUT2D eigenvalue weighted by atomic mass is 9.89. The largest absolute Gasteiger partial charge is 0.390 e. The van der Waals surface area contributed by atoms with E-state index in [0.717, 1.165) is 0 Å². The number of halogens is 1. The summed E-state index contributed by atoms with van der Waals surface area (Å²) in [4.78, 5) is 35.7. The van der Waals surface area contributed by atoms with Crippen LogP contribution in [0.1, 0.15) is 23.7 Å². The molecule has 6 N–H and O–H groups in total. The second-order valence-corrected chi connectivity index (χ2v) is 6.88. The third-order valence-electron chi connectivity index (χ3n) is 4.05. The monoisotopic (exact) mass is 425 g/mol. The quantitative estimate of drug-likeness (QED) is 0.435. The van der Waals surface area contributed by atoms with Gasteiger partial charge in [0.15, 0.2) is 0 Å². The van der Waals surface area contributed by atoms with Crippen molar-refractivity contribution in [3.8, 4) is 0 Å². The molecule has 2 rings (SSSR count). The van der Waals surface area contributed by atoms with Gasteiger partial charge in [-0.3, -0.25) is 14.4 Å². The van der Waals surface area contributed by atoms with E-state index in [-0.39, 0.29) is 12.0 Å². The molecular formula is C17H20BrN3O5. The molecule has 8 nitrogen and oxygen atoms in total. The molecule has 1 aromatic carbocycles. The number of carbonyl (C=O) groups is 3. The molecule has 0 bridgehead atoms. The number of nitrogens with two attached hydrogens (primary N) is 1. The summed E-state index contributed by atoms with van der Waals surface area (Å²) < 4.78 is 0.570. The maximum absolute atomic E-state index is 12.4. The van der Waals surface area contributed by atoms with Gasteiger partial charge >= 0.3 is 0 Å². The maximum Gasteiger partial charge on any atom is 0.252 e. The number of hydrogen-bond acceptors (Lipinski definition) is 5. The summed E-state index contributed by atoms with van der Waals surface area (Å²) in [6, 6.07) is 4.87. The van der Waals surface area contributed by atoms with Crippen LogP contribution in [-0.4, -0.2) is 52.2 Å². The van der Waals surface area contributed by atoms with E-state index >= 15 is 0 Å². The maximum atomic E-state index is 12.4. The molecule has 0 radical (unpaired) electrons. The van der Waals surface area contributed by atoms with Crippen molar-refractivity contribution >= 4 is 33.7 Å². The van der Waals surface area contributed by atoms with Crippen LogP contribution in [0.3, 0.4) is 0 Å². The van der Waals surface area contributed by atoms with Gasteiger partial charge < -0.3 is 26.6 Å². The van der Waals surface area contributed by atoms with Gasteiger partial charge in [0, 0.05) is 16.5 Å². The van der Waals surface area contributed by atoms with Crippen molar-refractivity contribution in [1.82, 2.24) is 10.6 Å². The van der Waals surface area contributed by atoms with Crippen molar-refractivity contribution in [2.75, 3.05) is 0 Å². The van der Waals surface area contributed by atoms with Crippen LogP contribution in [0.15, 0.2) is 40.4 Å². The fourth-order valence-corrected chi connectivity index (χ4v) is 2.96. The third-order valence-corrected chi connectivity index (χ3v) is 4.75. The molecule has 0 heterocycles. The van der Waals surface area contributed by atoms with Gasteiger partial charge in [-0.05, 0) is 35.0 Å². The molecule has 4 atom stereocenters. The van der Waals surface area contributed by atoms with E-state index in [2.05, 4.69) is 26.6 Å². The van der Waals surface area contributed by atoms with Crippen molar-refractivity contribution in [2.24, 2.45) is 5.73 Å².